The van der Waals surface area contributed by atoms with E-state index in [1.807, 2.05) is 4.57 Å². The van der Waals surface area contributed by atoms with Crippen molar-refractivity contribution in [3.05, 3.63) is 48.6 Å². The average Bonchev–Trinajstić information content (AvgIpc) is 3.19. The Labute approximate surface area is 111 Å². The predicted molar refractivity (Wildman–Crippen MR) is 74.2 cm³/mol. The summed E-state index contributed by atoms with van der Waals surface area (Å²) in [5.41, 5.74) is 7.15. The first-order valence-corrected chi connectivity index (χ1v) is 6.44. The molecule has 0 bridgehead atoms. The molecule has 0 spiro atoms. The van der Waals surface area contributed by atoms with E-state index in [1.54, 1.807) is 24.3 Å². The van der Waals surface area contributed by atoms with Crippen molar-refractivity contribution in [1.82, 2.24) is 9.55 Å². The molecule has 0 atom stereocenters. The summed E-state index contributed by atoms with van der Waals surface area (Å²) in [6.07, 6.45) is 4.05. The van der Waals surface area contributed by atoms with Crippen LogP contribution >= 0.6 is 0 Å². The van der Waals surface area contributed by atoms with Crippen molar-refractivity contribution in [3.8, 4) is 11.3 Å². The Morgan fingerprint density at radius 3 is 2.79 bits per heavy atom. The van der Waals surface area contributed by atoms with E-state index in [0.29, 0.717) is 29.5 Å². The van der Waals surface area contributed by atoms with Crippen LogP contribution in [0.1, 0.15) is 24.6 Å². The number of nitrogen functional groups attached to an aromatic ring is 1. The third-order valence-electron chi connectivity index (χ3n) is 3.42. The monoisotopic (exact) mass is 257 g/mol. The van der Waals surface area contributed by atoms with E-state index in [-0.39, 0.29) is 5.82 Å². The van der Waals surface area contributed by atoms with Crippen LogP contribution in [0.3, 0.4) is 0 Å². The van der Waals surface area contributed by atoms with Crippen molar-refractivity contribution in [1.29, 1.82) is 0 Å². The molecular weight excluding hydrogens is 241 g/mol. The molecular formula is C15H16FN3. The molecule has 2 N–H and O–H groups in total. The molecule has 1 heterocycles. The highest BCUT2D eigenvalue weighted by Gasteiger charge is 2.31. The Balaban J connectivity index is 2.14. The summed E-state index contributed by atoms with van der Waals surface area (Å²) in [4.78, 5) is 4.57. The Bertz CT molecular complexity index is 626. The molecule has 0 amide bonds. The zero-order valence-electron chi connectivity index (χ0n) is 10.6. The van der Waals surface area contributed by atoms with Crippen LogP contribution in [0, 0.1) is 5.82 Å². The van der Waals surface area contributed by atoms with Gasteiger partial charge in [-0.2, -0.15) is 0 Å². The zero-order chi connectivity index (χ0) is 13.4. The second kappa shape index (κ2) is 4.53. The van der Waals surface area contributed by atoms with Gasteiger partial charge in [0.05, 0.1) is 0 Å². The maximum absolute atomic E-state index is 13.9. The second-order valence-electron chi connectivity index (χ2n) is 4.86. The van der Waals surface area contributed by atoms with Gasteiger partial charge in [0.2, 0.25) is 0 Å². The van der Waals surface area contributed by atoms with E-state index in [1.165, 1.54) is 6.07 Å². The Morgan fingerprint density at radius 1 is 1.42 bits per heavy atom. The van der Waals surface area contributed by atoms with Crippen LogP contribution < -0.4 is 5.73 Å². The van der Waals surface area contributed by atoms with Gasteiger partial charge in [0, 0.05) is 18.0 Å². The highest BCUT2D eigenvalue weighted by molar-refractivity contribution is 5.71. The summed E-state index contributed by atoms with van der Waals surface area (Å²) in [5.74, 6) is 1.64. The second-order valence-corrected chi connectivity index (χ2v) is 4.86. The van der Waals surface area contributed by atoms with Crippen molar-refractivity contribution in [2.24, 2.45) is 0 Å². The fraction of sp³-hybridized carbons (Fsp3) is 0.267. The maximum atomic E-state index is 13.9. The number of imidazole rings is 1. The molecule has 98 valence electrons. The summed E-state index contributed by atoms with van der Waals surface area (Å²) in [7, 11) is 0. The minimum absolute atomic E-state index is 0.292. The van der Waals surface area contributed by atoms with Crippen LogP contribution in [0.5, 0.6) is 0 Å². The van der Waals surface area contributed by atoms with Crippen LogP contribution in [-0.2, 0) is 6.54 Å². The topological polar surface area (TPSA) is 43.8 Å². The molecule has 1 aliphatic carbocycles. The van der Waals surface area contributed by atoms with Gasteiger partial charge < -0.3 is 10.3 Å². The van der Waals surface area contributed by atoms with E-state index in [9.17, 15) is 4.39 Å². The molecule has 0 unspecified atom stereocenters. The van der Waals surface area contributed by atoms with Crippen molar-refractivity contribution in [2.45, 2.75) is 25.3 Å². The quantitative estimate of drug-likeness (QED) is 0.854. The van der Waals surface area contributed by atoms with Gasteiger partial charge in [-0.1, -0.05) is 18.2 Å². The summed E-state index contributed by atoms with van der Waals surface area (Å²) in [6.45, 7) is 4.35. The van der Waals surface area contributed by atoms with E-state index in [0.717, 1.165) is 18.7 Å². The summed E-state index contributed by atoms with van der Waals surface area (Å²) in [6, 6.07) is 6.60. The molecule has 4 heteroatoms. The number of hydrogen-bond acceptors (Lipinski definition) is 2. The first kappa shape index (κ1) is 12.0. The number of benzene rings is 1. The molecule has 3 rings (SSSR count). The number of rotatable bonds is 4. The third kappa shape index (κ3) is 2.03. The van der Waals surface area contributed by atoms with Crippen LogP contribution in [0.2, 0.25) is 0 Å². The van der Waals surface area contributed by atoms with E-state index in [4.69, 9.17) is 5.73 Å². The van der Waals surface area contributed by atoms with Gasteiger partial charge in [-0.05, 0) is 25.0 Å². The maximum Gasteiger partial charge on any atom is 0.132 e. The minimum Gasteiger partial charge on any atom is -0.383 e. The van der Waals surface area contributed by atoms with Crippen LogP contribution in [0.4, 0.5) is 10.2 Å². The third-order valence-corrected chi connectivity index (χ3v) is 3.42. The molecule has 0 saturated heterocycles. The lowest BCUT2D eigenvalue weighted by Gasteiger charge is -2.06. The average molecular weight is 257 g/mol. The number of anilines is 1. The van der Waals surface area contributed by atoms with Gasteiger partial charge in [-0.3, -0.25) is 0 Å². The normalized spacial score (nSPS) is 14.6. The Morgan fingerprint density at radius 2 is 2.16 bits per heavy atom. The van der Waals surface area contributed by atoms with Crippen molar-refractivity contribution < 1.29 is 4.39 Å². The summed E-state index contributed by atoms with van der Waals surface area (Å²) >= 11 is 0. The van der Waals surface area contributed by atoms with Gasteiger partial charge in [-0.15, -0.1) is 6.58 Å². The molecule has 0 aliphatic heterocycles. The molecule has 1 aromatic carbocycles. The number of halogens is 1. The Hall–Kier alpha value is -2.10. The standard InChI is InChI=1S/C15H16FN3/c1-2-9-19-14(17)13(18-15(19)10-7-8-10)11-5-3-4-6-12(11)16/h2-6,10H,1,7-9,17H2. The van der Waals surface area contributed by atoms with E-state index in [2.05, 4.69) is 11.6 Å². The highest BCUT2D eigenvalue weighted by Crippen LogP contribution is 2.42. The fourth-order valence-corrected chi connectivity index (χ4v) is 2.31. The van der Waals surface area contributed by atoms with Gasteiger partial charge in [0.1, 0.15) is 23.2 Å². The molecule has 1 fully saturated rings. The number of allylic oxidation sites excluding steroid dienone is 1. The molecule has 3 nitrogen and oxygen atoms in total. The highest BCUT2D eigenvalue weighted by atomic mass is 19.1. The van der Waals surface area contributed by atoms with E-state index < -0.39 is 0 Å². The molecule has 1 aliphatic rings. The minimum atomic E-state index is -0.292. The zero-order valence-corrected chi connectivity index (χ0v) is 10.6. The van der Waals surface area contributed by atoms with E-state index >= 15 is 0 Å². The molecule has 1 aromatic heterocycles. The molecule has 19 heavy (non-hydrogen) atoms. The number of nitrogens with two attached hydrogens (primary N) is 1. The lowest BCUT2D eigenvalue weighted by molar-refractivity contribution is 0.631. The lowest BCUT2D eigenvalue weighted by atomic mass is 10.1. The summed E-state index contributed by atoms with van der Waals surface area (Å²) in [5, 5.41) is 0. The van der Waals surface area contributed by atoms with Crippen molar-refractivity contribution >= 4 is 5.82 Å². The number of nitrogens with zero attached hydrogens (tertiary/aromatic N) is 2. The first-order chi connectivity index (χ1) is 9.22. The van der Waals surface area contributed by atoms with Gasteiger partial charge >= 0.3 is 0 Å². The Kier molecular flexibility index (Phi) is 2.85. The molecule has 2 aromatic rings. The van der Waals surface area contributed by atoms with Crippen molar-refractivity contribution in [3.63, 3.8) is 0 Å². The van der Waals surface area contributed by atoms with Crippen LogP contribution in [0.15, 0.2) is 36.9 Å². The van der Waals surface area contributed by atoms with Crippen LogP contribution in [-0.4, -0.2) is 9.55 Å². The summed E-state index contributed by atoms with van der Waals surface area (Å²) < 4.78 is 15.8. The van der Waals surface area contributed by atoms with Crippen molar-refractivity contribution in [2.75, 3.05) is 5.73 Å². The fourth-order valence-electron chi connectivity index (χ4n) is 2.31. The smallest absolute Gasteiger partial charge is 0.132 e. The van der Waals surface area contributed by atoms with Gasteiger partial charge in [0.15, 0.2) is 0 Å². The predicted octanol–water partition coefficient (Wildman–Crippen LogP) is 3.33. The lowest BCUT2D eigenvalue weighted by Crippen LogP contribution is -2.05. The molecule has 1 saturated carbocycles. The number of aromatic nitrogens is 2. The largest absolute Gasteiger partial charge is 0.383 e. The first-order valence-electron chi connectivity index (χ1n) is 6.44. The molecule has 0 radical (unpaired) electrons. The van der Waals surface area contributed by atoms with Gasteiger partial charge in [-0.25, -0.2) is 9.37 Å². The van der Waals surface area contributed by atoms with Gasteiger partial charge in [0.25, 0.3) is 0 Å². The SMILES string of the molecule is C=CCn1c(C2CC2)nc(-c2ccccc2F)c1N. The van der Waals surface area contributed by atoms with Crippen LogP contribution in [0.25, 0.3) is 11.3 Å². The number of hydrogen-bond donors (Lipinski definition) is 1.